The molecule has 12 nitrogen and oxygen atoms in total. The number of nitrogens with zero attached hydrogens (tertiary/aromatic N) is 2. The highest BCUT2D eigenvalue weighted by Gasteiger charge is 2.91. The number of para-hydroxylation sites is 1. The van der Waals surface area contributed by atoms with Crippen LogP contribution in [0.2, 0.25) is 0 Å². The van der Waals surface area contributed by atoms with Crippen molar-refractivity contribution in [2.45, 2.75) is 94.5 Å². The normalized spacial score (nSPS) is 46.8. The molecule has 7 bridgehead atoms. The number of hydrogen-bond acceptors (Lipinski definition) is 11. The second kappa shape index (κ2) is 11.3. The lowest BCUT2D eigenvalue weighted by Gasteiger charge is -2.70. The molecule has 7 fully saturated rings. The molecule has 5 saturated carbocycles. The topological polar surface area (TPSA) is 144 Å². The number of piperidine rings is 1. The Labute approximate surface area is 293 Å². The Hall–Kier alpha value is -2.45. The van der Waals surface area contributed by atoms with Gasteiger partial charge in [-0.1, -0.05) is 32.9 Å². The van der Waals surface area contributed by atoms with Gasteiger partial charge in [-0.05, 0) is 43.9 Å². The van der Waals surface area contributed by atoms with Crippen LogP contribution in [-0.2, 0) is 33.3 Å². The van der Waals surface area contributed by atoms with Gasteiger partial charge < -0.3 is 33.9 Å². The van der Waals surface area contributed by atoms with Crippen LogP contribution in [0.5, 0.6) is 0 Å². The van der Waals surface area contributed by atoms with Gasteiger partial charge in [0, 0.05) is 76.4 Å². The fourth-order valence-corrected chi connectivity index (χ4v) is 13.3. The van der Waals surface area contributed by atoms with E-state index in [0.717, 1.165) is 11.3 Å². The number of benzene rings is 1. The molecular weight excluding hydrogens is 644 g/mol. The maximum absolute atomic E-state index is 14.1. The minimum absolute atomic E-state index is 0.0310. The largest absolute Gasteiger partial charge is 0.461 e. The van der Waals surface area contributed by atoms with Crippen molar-refractivity contribution in [3.63, 3.8) is 0 Å². The molecule has 1 aromatic rings. The van der Waals surface area contributed by atoms with Gasteiger partial charge in [-0.2, -0.15) is 0 Å². The van der Waals surface area contributed by atoms with Crippen molar-refractivity contribution in [1.29, 1.82) is 0 Å². The number of esters is 1. The van der Waals surface area contributed by atoms with Crippen LogP contribution < -0.4 is 4.90 Å². The number of likely N-dealkylation sites (N-methyl/N-ethyl adjacent to an activating group) is 1. The summed E-state index contributed by atoms with van der Waals surface area (Å²) in [5, 5.41) is 26.6. The average molecular weight is 697 g/mol. The Bertz CT molecular complexity index is 1600. The molecule has 12 heteroatoms. The van der Waals surface area contributed by atoms with Gasteiger partial charge in [0.2, 0.25) is 11.8 Å². The van der Waals surface area contributed by atoms with Crippen LogP contribution in [0.4, 0.5) is 5.69 Å². The first-order chi connectivity index (χ1) is 23.8. The summed E-state index contributed by atoms with van der Waals surface area (Å²) in [6.45, 7) is 6.69. The van der Waals surface area contributed by atoms with Crippen LogP contribution >= 0.6 is 0 Å². The van der Waals surface area contributed by atoms with Crippen molar-refractivity contribution in [2.75, 3.05) is 53.0 Å². The monoisotopic (exact) mass is 696 g/mol. The number of methoxy groups -OCH3 is 4. The van der Waals surface area contributed by atoms with Crippen LogP contribution in [0.1, 0.15) is 63.2 Å². The number of amides is 2. The van der Waals surface area contributed by atoms with Gasteiger partial charge in [-0.3, -0.25) is 14.5 Å². The summed E-state index contributed by atoms with van der Waals surface area (Å²) in [5.74, 6) is -2.06. The number of rotatable bonds is 9. The van der Waals surface area contributed by atoms with E-state index in [1.807, 2.05) is 0 Å². The fourth-order valence-electron chi connectivity index (χ4n) is 13.3. The fraction of sp³-hybridized carbons (Fsp3) is 0.763. The first kappa shape index (κ1) is 34.6. The quantitative estimate of drug-likeness (QED) is 0.290. The van der Waals surface area contributed by atoms with Crippen molar-refractivity contribution < 1.29 is 48.3 Å². The molecule has 2 amide bonds. The Morgan fingerprint density at radius 1 is 1.02 bits per heavy atom. The van der Waals surface area contributed by atoms with E-state index in [9.17, 15) is 24.6 Å². The van der Waals surface area contributed by atoms with E-state index in [2.05, 4.69) is 11.8 Å². The predicted octanol–water partition coefficient (Wildman–Crippen LogP) is 2.43. The number of ether oxygens (including phenoxy) is 5. The van der Waals surface area contributed by atoms with E-state index in [-0.39, 0.29) is 84.5 Å². The zero-order chi connectivity index (χ0) is 35.8. The van der Waals surface area contributed by atoms with E-state index in [0.29, 0.717) is 25.9 Å². The van der Waals surface area contributed by atoms with Crippen molar-refractivity contribution in [3.05, 3.63) is 29.8 Å². The first-order valence-corrected chi connectivity index (χ1v) is 18.2. The molecule has 5 aliphatic carbocycles. The zero-order valence-electron chi connectivity index (χ0n) is 30.2. The van der Waals surface area contributed by atoms with Crippen molar-refractivity contribution >= 4 is 23.5 Å². The molecule has 1 aromatic carbocycles. The molecule has 0 aromatic heterocycles. The molecule has 8 rings (SSSR count). The molecule has 1 spiro atoms. The molecule has 13 atom stereocenters. The molecule has 2 N–H and O–H groups in total. The molecule has 274 valence electrons. The third kappa shape index (κ3) is 3.88. The SMILES string of the molecule is CCN1C[C@]2(COC(=O)c3ccccc3N3C(=O)CC(C)(C)C3=O)CC[C@H](OC)C34C2[C@H](OC)[C@](O)(C13)[C@@]1(O)C[C@H](OC)[C@H]2C[C@@H]4[C@@H]1[C@H]2OC. The van der Waals surface area contributed by atoms with Gasteiger partial charge in [0.05, 0.1) is 53.7 Å². The highest BCUT2D eigenvalue weighted by atomic mass is 16.5. The van der Waals surface area contributed by atoms with Crippen LogP contribution in [0.25, 0.3) is 0 Å². The van der Waals surface area contributed by atoms with E-state index >= 15 is 0 Å². The number of anilines is 1. The number of hydrogen-bond donors (Lipinski definition) is 2. The van der Waals surface area contributed by atoms with Crippen molar-refractivity contribution in [3.8, 4) is 0 Å². The van der Waals surface area contributed by atoms with Crippen LogP contribution in [0.15, 0.2) is 24.3 Å². The summed E-state index contributed by atoms with van der Waals surface area (Å²) in [7, 11) is 6.70. The Morgan fingerprint density at radius 2 is 1.76 bits per heavy atom. The van der Waals surface area contributed by atoms with E-state index in [1.165, 1.54) is 0 Å². The van der Waals surface area contributed by atoms with Gasteiger partial charge >= 0.3 is 5.97 Å². The second-order valence-electron chi connectivity index (χ2n) is 16.9. The molecule has 2 saturated heterocycles. The lowest BCUT2D eigenvalue weighted by Crippen LogP contribution is -2.82. The van der Waals surface area contributed by atoms with Crippen molar-refractivity contribution in [2.24, 2.45) is 39.9 Å². The van der Waals surface area contributed by atoms with Crippen LogP contribution in [0, 0.1) is 39.9 Å². The maximum Gasteiger partial charge on any atom is 0.340 e. The number of aliphatic hydroxyl groups is 2. The second-order valence-corrected chi connectivity index (χ2v) is 16.9. The summed E-state index contributed by atoms with van der Waals surface area (Å²) in [6, 6.07) is 6.13. The van der Waals surface area contributed by atoms with E-state index in [4.69, 9.17) is 23.7 Å². The van der Waals surface area contributed by atoms with Crippen LogP contribution in [0.3, 0.4) is 0 Å². The molecule has 2 aliphatic heterocycles. The smallest absolute Gasteiger partial charge is 0.340 e. The summed E-state index contributed by atoms with van der Waals surface area (Å²) >= 11 is 0. The molecule has 50 heavy (non-hydrogen) atoms. The van der Waals surface area contributed by atoms with Gasteiger partial charge in [0.1, 0.15) is 11.2 Å². The zero-order valence-corrected chi connectivity index (χ0v) is 30.2. The third-order valence-electron chi connectivity index (χ3n) is 14.8. The average Bonchev–Trinajstić information content (AvgIpc) is 3.60. The summed E-state index contributed by atoms with van der Waals surface area (Å²) in [4.78, 5) is 43.9. The molecule has 3 unspecified atom stereocenters. The van der Waals surface area contributed by atoms with Gasteiger partial charge in [0.15, 0.2) is 0 Å². The van der Waals surface area contributed by atoms with Gasteiger partial charge in [0.25, 0.3) is 0 Å². The molecule has 0 radical (unpaired) electrons. The molecular formula is C38H52N2O10. The maximum atomic E-state index is 14.1. The number of imide groups is 1. The van der Waals surface area contributed by atoms with Crippen molar-refractivity contribution in [1.82, 2.24) is 4.90 Å². The lowest BCUT2D eigenvalue weighted by atomic mass is 9.42. The third-order valence-corrected chi connectivity index (χ3v) is 14.8. The number of likely N-dealkylation sites (tertiary alicyclic amines) is 1. The van der Waals surface area contributed by atoms with Crippen LogP contribution in [-0.4, -0.2) is 123 Å². The Kier molecular flexibility index (Phi) is 7.81. The molecule has 7 aliphatic rings. The minimum Gasteiger partial charge on any atom is -0.461 e. The number of carbonyl (C=O) groups excluding carboxylic acids is 3. The minimum atomic E-state index is -1.70. The summed E-state index contributed by atoms with van der Waals surface area (Å²) in [5.41, 5.74) is -5.07. The molecule has 2 heterocycles. The van der Waals surface area contributed by atoms with E-state index < -0.39 is 45.6 Å². The summed E-state index contributed by atoms with van der Waals surface area (Å²) < 4.78 is 31.4. The van der Waals surface area contributed by atoms with Gasteiger partial charge in [-0.15, -0.1) is 0 Å². The highest BCUT2D eigenvalue weighted by molar-refractivity contribution is 6.24. The van der Waals surface area contributed by atoms with E-state index in [1.54, 1.807) is 66.6 Å². The number of fused-ring (bicyclic) bond motifs is 2. The predicted molar refractivity (Wildman–Crippen MR) is 179 cm³/mol. The van der Waals surface area contributed by atoms with Gasteiger partial charge in [-0.25, -0.2) is 9.69 Å². The highest BCUT2D eigenvalue weighted by Crippen LogP contribution is 2.80. The summed E-state index contributed by atoms with van der Waals surface area (Å²) in [6.07, 6.45) is 0.757. The Balaban J connectivity index is 1.23. The standard InChI is InChI=1S/C38H52N2O10/c1-8-39-18-35(19-50-31(42)20-11-9-10-12-23(20)40-26(41)17-34(2,3)33(40)43)14-13-25(47-5)37-22-15-21-24(46-4)16-36(44,27(22)28(21)48-6)38(45,32(37)39)30(49-7)29(35)37/h9-12,21-22,24-25,27-30,32,44-45H,8,13-19H2,1-7H3/t21-,22-,24+,25+,27-,28+,29?,30+,32?,35+,36-,37?,38+/m1/s1. The first-order valence-electron chi connectivity index (χ1n) is 18.2. The lowest BCUT2D eigenvalue weighted by molar-refractivity contribution is -0.320. The number of carbonyl (C=O) groups is 3. The Morgan fingerprint density at radius 3 is 2.38 bits per heavy atom.